The molecule has 0 unspecified atom stereocenters. The third-order valence-electron chi connectivity index (χ3n) is 6.70. The van der Waals surface area contributed by atoms with Gasteiger partial charge in [-0.3, -0.25) is 9.79 Å². The lowest BCUT2D eigenvalue weighted by molar-refractivity contribution is 0.101. The maximum Gasteiger partial charge on any atom is 0.178 e. The summed E-state index contributed by atoms with van der Waals surface area (Å²) in [5.74, 6) is 0.848. The highest BCUT2D eigenvalue weighted by Gasteiger charge is 2.14. The lowest BCUT2D eigenvalue weighted by Gasteiger charge is -2.17. The molecule has 0 spiro atoms. The van der Waals surface area contributed by atoms with Gasteiger partial charge in [-0.25, -0.2) is 9.97 Å². The van der Waals surface area contributed by atoms with Crippen molar-refractivity contribution in [2.24, 2.45) is 4.99 Å². The Balaban J connectivity index is 0.000000222. The van der Waals surface area contributed by atoms with E-state index < -0.39 is 0 Å². The van der Waals surface area contributed by atoms with Gasteiger partial charge < -0.3 is 0 Å². The van der Waals surface area contributed by atoms with Gasteiger partial charge in [0.25, 0.3) is 0 Å². The maximum absolute atomic E-state index is 11.1. The van der Waals surface area contributed by atoms with Crippen LogP contribution in [-0.2, 0) is 0 Å². The van der Waals surface area contributed by atoms with E-state index in [0.29, 0.717) is 17.5 Å². The smallest absolute Gasteiger partial charge is 0.178 e. The third kappa shape index (κ3) is 6.73. The quantitative estimate of drug-likeness (QED) is 0.139. The van der Waals surface area contributed by atoms with Crippen molar-refractivity contribution in [2.75, 3.05) is 0 Å². The molecular formula is C34H33Br2N3O. The number of rotatable bonds is 5. The van der Waals surface area contributed by atoms with Crippen molar-refractivity contribution in [3.8, 4) is 0 Å². The van der Waals surface area contributed by atoms with Gasteiger partial charge >= 0.3 is 0 Å². The Labute approximate surface area is 253 Å². The van der Waals surface area contributed by atoms with Gasteiger partial charge in [-0.2, -0.15) is 0 Å². The van der Waals surface area contributed by atoms with Gasteiger partial charge in [0, 0.05) is 26.6 Å². The summed E-state index contributed by atoms with van der Waals surface area (Å²) in [4.78, 5) is 25.3. The number of ketones is 1. The molecule has 2 heterocycles. The van der Waals surface area contributed by atoms with Crippen molar-refractivity contribution in [3.05, 3.63) is 110 Å². The number of aliphatic imine (C=N–C) groups is 1. The monoisotopic (exact) mass is 657 g/mol. The maximum atomic E-state index is 11.1. The van der Waals surface area contributed by atoms with Gasteiger partial charge in [-0.05, 0) is 86.0 Å². The van der Waals surface area contributed by atoms with Crippen LogP contribution in [0.5, 0.6) is 0 Å². The van der Waals surface area contributed by atoms with Crippen LogP contribution in [0.25, 0.3) is 21.8 Å². The summed E-state index contributed by atoms with van der Waals surface area (Å²) in [7, 11) is 0. The summed E-state index contributed by atoms with van der Waals surface area (Å²) in [5.41, 5.74) is 7.85. The summed E-state index contributed by atoms with van der Waals surface area (Å²) >= 11 is 7.01. The molecule has 0 saturated heterocycles. The topological polar surface area (TPSA) is 55.2 Å². The standard InChI is InChI=1S/C23H25BrN2.C11H8BrNO/c1-14(2)18-9-7-10-19(15(3)4)23(18)25-16(5)21-13-12-17-8-6-11-20(24)22(17)26-21;1-7(14)10-6-5-8-3-2-4-9(12)11(8)13-10/h6-15H,1-5H3;2-6H,1H3. The van der Waals surface area contributed by atoms with E-state index in [4.69, 9.17) is 9.98 Å². The average molecular weight is 659 g/mol. The average Bonchev–Trinajstić information content (AvgIpc) is 2.93. The molecule has 0 aliphatic rings. The van der Waals surface area contributed by atoms with E-state index in [2.05, 4.69) is 101 Å². The number of para-hydroxylation sites is 3. The van der Waals surface area contributed by atoms with Crippen molar-refractivity contribution in [1.82, 2.24) is 9.97 Å². The van der Waals surface area contributed by atoms with Crippen LogP contribution in [0.15, 0.2) is 92.8 Å². The number of aromatic nitrogens is 2. The van der Waals surface area contributed by atoms with Crippen LogP contribution in [0, 0.1) is 0 Å². The first-order valence-corrected chi connectivity index (χ1v) is 14.9. The molecule has 5 aromatic rings. The summed E-state index contributed by atoms with van der Waals surface area (Å²) in [5, 5.41) is 2.16. The number of benzene rings is 3. The van der Waals surface area contributed by atoms with E-state index in [0.717, 1.165) is 47.8 Å². The fourth-order valence-electron chi connectivity index (χ4n) is 4.49. The Morgan fingerprint density at radius 3 is 1.57 bits per heavy atom. The Bertz CT molecular complexity index is 1700. The van der Waals surface area contributed by atoms with Crippen LogP contribution < -0.4 is 0 Å². The molecule has 0 saturated carbocycles. The molecule has 6 heteroatoms. The van der Waals surface area contributed by atoms with Crippen molar-refractivity contribution in [3.63, 3.8) is 0 Å². The second kappa shape index (κ2) is 13.0. The van der Waals surface area contributed by atoms with Crippen LogP contribution in [0.2, 0.25) is 0 Å². The number of pyridine rings is 2. The molecule has 0 atom stereocenters. The molecule has 0 bridgehead atoms. The highest BCUT2D eigenvalue weighted by atomic mass is 79.9. The van der Waals surface area contributed by atoms with Crippen molar-refractivity contribution >= 4 is 70.8 Å². The summed E-state index contributed by atoms with van der Waals surface area (Å²) in [6.45, 7) is 12.5. The molecule has 0 N–H and O–H groups in total. The molecule has 0 radical (unpaired) electrons. The highest BCUT2D eigenvalue weighted by Crippen LogP contribution is 2.35. The predicted molar refractivity (Wildman–Crippen MR) is 175 cm³/mol. The fraction of sp³-hybridized carbons (Fsp3) is 0.235. The molecule has 0 amide bonds. The van der Waals surface area contributed by atoms with E-state index in [1.165, 1.54) is 18.1 Å². The van der Waals surface area contributed by atoms with E-state index in [1.807, 2.05) is 43.3 Å². The Morgan fingerprint density at radius 2 is 1.10 bits per heavy atom. The number of hydrogen-bond donors (Lipinski definition) is 0. The number of halogens is 2. The minimum atomic E-state index is -0.0114. The van der Waals surface area contributed by atoms with Crippen molar-refractivity contribution in [1.29, 1.82) is 0 Å². The lowest BCUT2D eigenvalue weighted by Crippen LogP contribution is -2.01. The minimum absolute atomic E-state index is 0.0114. The zero-order valence-electron chi connectivity index (χ0n) is 23.7. The van der Waals surface area contributed by atoms with Crippen LogP contribution >= 0.6 is 31.9 Å². The SMILES string of the molecule is CC(=Nc1c(C(C)C)cccc1C(C)C)c1ccc2cccc(Br)c2n1.CC(=O)c1ccc2cccc(Br)c2n1. The van der Waals surface area contributed by atoms with Gasteiger partial charge in [0.05, 0.1) is 28.1 Å². The molecule has 2 aromatic heterocycles. The second-order valence-electron chi connectivity index (χ2n) is 10.4. The van der Waals surface area contributed by atoms with E-state index in [9.17, 15) is 4.79 Å². The van der Waals surface area contributed by atoms with Gasteiger partial charge in [0.1, 0.15) is 5.69 Å². The van der Waals surface area contributed by atoms with Gasteiger partial charge in [0.15, 0.2) is 5.78 Å². The Morgan fingerprint density at radius 1 is 0.650 bits per heavy atom. The molecular weight excluding hydrogens is 626 g/mol. The molecule has 0 aliphatic carbocycles. The highest BCUT2D eigenvalue weighted by molar-refractivity contribution is 9.11. The van der Waals surface area contributed by atoms with Crippen molar-refractivity contribution < 1.29 is 4.79 Å². The lowest BCUT2D eigenvalue weighted by atomic mass is 9.93. The molecule has 0 aliphatic heterocycles. The Hall–Kier alpha value is -3.22. The molecule has 0 fully saturated rings. The largest absolute Gasteiger partial charge is 0.293 e. The number of nitrogens with zero attached hydrogens (tertiary/aromatic N) is 3. The fourth-order valence-corrected chi connectivity index (χ4v) is 5.43. The molecule has 3 aromatic carbocycles. The van der Waals surface area contributed by atoms with Crippen LogP contribution in [0.4, 0.5) is 5.69 Å². The number of Topliss-reactive ketones (excluding diaryl/α,β-unsaturated/α-hetero) is 1. The summed E-state index contributed by atoms with van der Waals surface area (Å²) < 4.78 is 1.92. The predicted octanol–water partition coefficient (Wildman–Crippen LogP) is 10.6. The van der Waals surface area contributed by atoms with E-state index in [1.54, 1.807) is 6.07 Å². The Kier molecular flexibility index (Phi) is 9.64. The van der Waals surface area contributed by atoms with Gasteiger partial charge in [-0.15, -0.1) is 0 Å². The van der Waals surface area contributed by atoms with Crippen molar-refractivity contribution in [2.45, 2.75) is 53.4 Å². The van der Waals surface area contributed by atoms with Crippen LogP contribution in [0.3, 0.4) is 0 Å². The molecule has 5 rings (SSSR count). The van der Waals surface area contributed by atoms with Crippen LogP contribution in [-0.4, -0.2) is 21.5 Å². The first-order valence-electron chi connectivity index (χ1n) is 13.4. The van der Waals surface area contributed by atoms with Gasteiger partial charge in [0.2, 0.25) is 0 Å². The number of hydrogen-bond acceptors (Lipinski definition) is 4. The minimum Gasteiger partial charge on any atom is -0.293 e. The zero-order valence-corrected chi connectivity index (χ0v) is 26.8. The first-order chi connectivity index (χ1) is 19.1. The van der Waals surface area contributed by atoms with Crippen LogP contribution in [0.1, 0.15) is 80.7 Å². The zero-order chi connectivity index (χ0) is 29.0. The van der Waals surface area contributed by atoms with E-state index >= 15 is 0 Å². The number of carbonyl (C=O) groups is 1. The summed E-state index contributed by atoms with van der Waals surface area (Å²) in [6, 6.07) is 26.3. The second-order valence-corrected chi connectivity index (χ2v) is 12.1. The third-order valence-corrected chi connectivity index (χ3v) is 7.98. The molecule has 40 heavy (non-hydrogen) atoms. The first kappa shape index (κ1) is 29.8. The number of carbonyl (C=O) groups excluding carboxylic acids is 1. The molecule has 204 valence electrons. The van der Waals surface area contributed by atoms with Gasteiger partial charge in [-0.1, -0.05) is 82.3 Å². The number of fused-ring (bicyclic) bond motifs is 2. The normalized spacial score (nSPS) is 11.7. The summed E-state index contributed by atoms with van der Waals surface area (Å²) in [6.07, 6.45) is 0. The van der Waals surface area contributed by atoms with E-state index in [-0.39, 0.29) is 5.78 Å². The molecule has 4 nitrogen and oxygen atoms in total.